The summed E-state index contributed by atoms with van der Waals surface area (Å²) in [6, 6.07) is 9.69. The molecular weight excluding hydrogens is 340 g/mol. The van der Waals surface area contributed by atoms with Gasteiger partial charge in [-0.3, -0.25) is 9.67 Å². The van der Waals surface area contributed by atoms with Gasteiger partial charge in [0.2, 0.25) is 0 Å². The van der Waals surface area contributed by atoms with Crippen molar-refractivity contribution in [3.05, 3.63) is 67.2 Å². The molecule has 0 unspecified atom stereocenters. The average Bonchev–Trinajstić information content (AvgIpc) is 3.10. The van der Waals surface area contributed by atoms with Gasteiger partial charge in [-0.2, -0.15) is 5.10 Å². The lowest BCUT2D eigenvalue weighted by Gasteiger charge is -2.11. The van der Waals surface area contributed by atoms with Crippen LogP contribution in [-0.2, 0) is 6.54 Å². The Morgan fingerprint density at radius 1 is 1.11 bits per heavy atom. The highest BCUT2D eigenvalue weighted by molar-refractivity contribution is 5.86. The van der Waals surface area contributed by atoms with Gasteiger partial charge >= 0.3 is 0 Å². The fourth-order valence-corrected chi connectivity index (χ4v) is 2.71. The number of pyridine rings is 1. The molecule has 3 heterocycles. The summed E-state index contributed by atoms with van der Waals surface area (Å²) in [5, 5.41) is 7.77. The third kappa shape index (κ3) is 3.57. The molecule has 4 rings (SSSR count). The van der Waals surface area contributed by atoms with Gasteiger partial charge in [0.05, 0.1) is 12.4 Å². The van der Waals surface area contributed by atoms with E-state index in [1.165, 1.54) is 6.33 Å². The lowest BCUT2D eigenvalue weighted by atomic mass is 10.2. The number of ether oxygens (including phenoxy) is 1. The predicted octanol–water partition coefficient (Wildman–Crippen LogP) is 4.21. The highest BCUT2D eigenvalue weighted by Crippen LogP contribution is 2.29. The summed E-state index contributed by atoms with van der Waals surface area (Å²) in [5.41, 5.74) is 4.33. The van der Waals surface area contributed by atoms with Gasteiger partial charge in [0.25, 0.3) is 0 Å². The lowest BCUT2D eigenvalue weighted by Crippen LogP contribution is -1.98. The van der Waals surface area contributed by atoms with E-state index in [9.17, 15) is 0 Å². The summed E-state index contributed by atoms with van der Waals surface area (Å²) in [6.45, 7) is 8.31. The Kier molecular flexibility index (Phi) is 4.42. The number of benzene rings is 1. The van der Waals surface area contributed by atoms with Crippen molar-refractivity contribution in [3.63, 3.8) is 0 Å². The molecule has 0 amide bonds. The van der Waals surface area contributed by atoms with Crippen LogP contribution < -0.4 is 10.1 Å². The van der Waals surface area contributed by atoms with Crippen LogP contribution in [0.5, 0.6) is 11.5 Å². The molecule has 3 aromatic heterocycles. The second-order valence-electron chi connectivity index (χ2n) is 6.19. The topological polar surface area (TPSA) is 77.8 Å². The molecule has 0 aliphatic rings. The molecule has 7 nitrogen and oxygen atoms in total. The predicted molar refractivity (Wildman–Crippen MR) is 104 cm³/mol. The number of rotatable bonds is 5. The third-order valence-corrected chi connectivity index (χ3v) is 4.13. The van der Waals surface area contributed by atoms with Crippen molar-refractivity contribution in [2.24, 2.45) is 0 Å². The molecule has 1 aromatic carbocycles. The summed E-state index contributed by atoms with van der Waals surface area (Å²) >= 11 is 0. The molecule has 0 aliphatic carbocycles. The van der Waals surface area contributed by atoms with E-state index in [-0.39, 0.29) is 0 Å². The fraction of sp³-hybridized carbons (Fsp3) is 0.150. The van der Waals surface area contributed by atoms with E-state index in [1.807, 2.05) is 50.4 Å². The number of hydrogen-bond acceptors (Lipinski definition) is 6. The highest BCUT2D eigenvalue weighted by Gasteiger charge is 2.10. The van der Waals surface area contributed by atoms with Crippen LogP contribution in [0, 0.1) is 20.8 Å². The SMILES string of the molecule is [CH2]Cn1cc2ncnc(Nc3ccc(Oc4ccc(C)nc4)c(C)c3)c2n1. The molecule has 27 heavy (non-hydrogen) atoms. The van der Waals surface area contributed by atoms with Crippen LogP contribution in [0.25, 0.3) is 11.0 Å². The minimum absolute atomic E-state index is 0.537. The first-order valence-corrected chi connectivity index (χ1v) is 8.58. The molecule has 0 bridgehead atoms. The van der Waals surface area contributed by atoms with E-state index < -0.39 is 0 Å². The van der Waals surface area contributed by atoms with E-state index in [0.29, 0.717) is 23.6 Å². The van der Waals surface area contributed by atoms with E-state index in [1.54, 1.807) is 10.9 Å². The maximum absolute atomic E-state index is 5.92. The molecule has 0 aliphatic heterocycles. The van der Waals surface area contributed by atoms with Crippen molar-refractivity contribution in [1.29, 1.82) is 0 Å². The van der Waals surface area contributed by atoms with Crippen molar-refractivity contribution in [2.75, 3.05) is 5.32 Å². The number of fused-ring (bicyclic) bond motifs is 1. The molecule has 0 atom stereocenters. The number of aryl methyl sites for hydroxylation is 2. The maximum atomic E-state index is 5.92. The van der Waals surface area contributed by atoms with Gasteiger partial charge in [-0.25, -0.2) is 9.97 Å². The number of aromatic nitrogens is 5. The summed E-state index contributed by atoms with van der Waals surface area (Å²) in [7, 11) is 0. The minimum atomic E-state index is 0.537. The zero-order valence-electron chi connectivity index (χ0n) is 15.2. The first kappa shape index (κ1) is 17.0. The zero-order chi connectivity index (χ0) is 18.8. The Morgan fingerprint density at radius 2 is 2.00 bits per heavy atom. The van der Waals surface area contributed by atoms with Gasteiger partial charge in [-0.15, -0.1) is 0 Å². The van der Waals surface area contributed by atoms with E-state index in [0.717, 1.165) is 28.2 Å². The lowest BCUT2D eigenvalue weighted by molar-refractivity contribution is 0.476. The molecule has 1 radical (unpaired) electrons. The Balaban J connectivity index is 1.58. The van der Waals surface area contributed by atoms with Gasteiger partial charge in [-0.05, 0) is 56.7 Å². The van der Waals surface area contributed by atoms with Gasteiger partial charge in [0.1, 0.15) is 23.3 Å². The van der Waals surface area contributed by atoms with Crippen LogP contribution >= 0.6 is 0 Å². The van der Waals surface area contributed by atoms with Gasteiger partial charge < -0.3 is 10.1 Å². The quantitative estimate of drug-likeness (QED) is 0.575. The van der Waals surface area contributed by atoms with Crippen LogP contribution in [0.1, 0.15) is 11.3 Å². The monoisotopic (exact) mass is 359 g/mol. The second-order valence-corrected chi connectivity index (χ2v) is 6.19. The Hall–Kier alpha value is -3.48. The molecule has 7 heteroatoms. The smallest absolute Gasteiger partial charge is 0.162 e. The molecule has 135 valence electrons. The van der Waals surface area contributed by atoms with E-state index in [4.69, 9.17) is 4.74 Å². The molecule has 0 spiro atoms. The number of nitrogens with one attached hydrogen (secondary N) is 1. The number of hydrogen-bond donors (Lipinski definition) is 1. The standard InChI is InChI=1S/C20H19N6O/c1-4-26-11-17-19(25-26)20(23-12-22-17)24-15-6-8-18(13(2)9-15)27-16-7-5-14(3)21-10-16/h5-12H,1,4H2,2-3H3,(H,22,23,24). The first-order chi connectivity index (χ1) is 13.1. The fourth-order valence-electron chi connectivity index (χ4n) is 2.71. The van der Waals surface area contributed by atoms with Crippen molar-refractivity contribution < 1.29 is 4.74 Å². The van der Waals surface area contributed by atoms with Crippen LogP contribution in [-0.4, -0.2) is 24.7 Å². The maximum Gasteiger partial charge on any atom is 0.162 e. The zero-order valence-corrected chi connectivity index (χ0v) is 15.2. The second kappa shape index (κ2) is 7.03. The largest absolute Gasteiger partial charge is 0.455 e. The van der Waals surface area contributed by atoms with Crippen molar-refractivity contribution >= 4 is 22.5 Å². The van der Waals surface area contributed by atoms with Gasteiger partial charge in [0.15, 0.2) is 11.3 Å². The first-order valence-electron chi connectivity index (χ1n) is 8.58. The van der Waals surface area contributed by atoms with Gasteiger partial charge in [-0.1, -0.05) is 0 Å². The summed E-state index contributed by atoms with van der Waals surface area (Å²) < 4.78 is 7.66. The summed E-state index contributed by atoms with van der Waals surface area (Å²) in [5.74, 6) is 2.14. The van der Waals surface area contributed by atoms with Gasteiger partial charge in [0, 0.05) is 17.9 Å². The molecule has 0 saturated heterocycles. The highest BCUT2D eigenvalue weighted by atomic mass is 16.5. The molecule has 0 fully saturated rings. The Labute approximate surface area is 157 Å². The van der Waals surface area contributed by atoms with Crippen molar-refractivity contribution in [3.8, 4) is 11.5 Å². The van der Waals surface area contributed by atoms with Crippen molar-refractivity contribution in [1.82, 2.24) is 24.7 Å². The van der Waals surface area contributed by atoms with Crippen LogP contribution in [0.4, 0.5) is 11.5 Å². The normalized spacial score (nSPS) is 10.9. The average molecular weight is 359 g/mol. The molecule has 0 saturated carbocycles. The van der Waals surface area contributed by atoms with Crippen LogP contribution in [0.2, 0.25) is 0 Å². The Bertz CT molecular complexity index is 1090. The molecular formula is C20H19N6O. The number of nitrogens with zero attached hydrogens (tertiary/aromatic N) is 5. The third-order valence-electron chi connectivity index (χ3n) is 4.13. The van der Waals surface area contributed by atoms with Crippen LogP contribution in [0.15, 0.2) is 49.1 Å². The Morgan fingerprint density at radius 3 is 2.74 bits per heavy atom. The summed E-state index contributed by atoms with van der Waals surface area (Å²) in [4.78, 5) is 12.8. The van der Waals surface area contributed by atoms with Crippen molar-refractivity contribution in [2.45, 2.75) is 20.4 Å². The van der Waals surface area contributed by atoms with E-state index >= 15 is 0 Å². The minimum Gasteiger partial charge on any atom is -0.455 e. The van der Waals surface area contributed by atoms with E-state index in [2.05, 4.69) is 32.3 Å². The summed E-state index contributed by atoms with van der Waals surface area (Å²) in [6.07, 6.45) is 5.10. The number of anilines is 2. The molecule has 1 N–H and O–H groups in total. The molecule has 4 aromatic rings. The van der Waals surface area contributed by atoms with Crippen LogP contribution in [0.3, 0.4) is 0 Å².